The van der Waals surface area contributed by atoms with Gasteiger partial charge in [0, 0.05) is 12.4 Å². The highest BCUT2D eigenvalue weighted by Crippen LogP contribution is 2.24. The number of anilines is 1. The number of nitrogens with one attached hydrogen (secondary N) is 1. The first-order chi connectivity index (χ1) is 8.80. The minimum Gasteiger partial charge on any atom is -0.373 e. The molecule has 0 aliphatic heterocycles. The summed E-state index contributed by atoms with van der Waals surface area (Å²) in [4.78, 5) is 4.82. The zero-order valence-corrected chi connectivity index (χ0v) is 11.6. The summed E-state index contributed by atoms with van der Waals surface area (Å²) in [6.07, 6.45) is 4.49. The highest BCUT2D eigenvalue weighted by atomic mass is 15.0. The Kier molecular flexibility index (Phi) is 4.19. The van der Waals surface area contributed by atoms with Crippen molar-refractivity contribution in [1.82, 2.24) is 4.98 Å². The van der Waals surface area contributed by atoms with E-state index < -0.39 is 0 Å². The van der Waals surface area contributed by atoms with Crippen LogP contribution in [0.15, 0.2) is 24.3 Å². The monoisotopic (exact) mass is 242 g/mol. The highest BCUT2D eigenvalue weighted by molar-refractivity contribution is 5.84. The average molecular weight is 242 g/mol. The Morgan fingerprint density at radius 2 is 1.78 bits per heavy atom. The second-order valence-corrected chi connectivity index (χ2v) is 4.73. The van der Waals surface area contributed by atoms with E-state index in [-0.39, 0.29) is 0 Å². The molecule has 0 bridgehead atoms. The Hall–Kier alpha value is -1.57. The van der Waals surface area contributed by atoms with Gasteiger partial charge in [0.05, 0.1) is 5.52 Å². The van der Waals surface area contributed by atoms with E-state index in [1.54, 1.807) is 0 Å². The van der Waals surface area contributed by atoms with Gasteiger partial charge in [-0.25, -0.2) is 4.98 Å². The molecule has 2 rings (SSSR count). The van der Waals surface area contributed by atoms with Gasteiger partial charge in [0.15, 0.2) is 0 Å². The fourth-order valence-electron chi connectivity index (χ4n) is 2.45. The van der Waals surface area contributed by atoms with Gasteiger partial charge in [-0.2, -0.15) is 0 Å². The Morgan fingerprint density at radius 3 is 2.44 bits per heavy atom. The van der Waals surface area contributed by atoms with Gasteiger partial charge in [0.25, 0.3) is 0 Å². The molecule has 2 aromatic rings. The molecule has 1 N–H and O–H groups in total. The number of pyridine rings is 1. The maximum absolute atomic E-state index is 4.82. The molecule has 0 fully saturated rings. The van der Waals surface area contributed by atoms with Crippen LogP contribution in [-0.4, -0.2) is 12.0 Å². The number of aryl methyl sites for hydroxylation is 2. The number of hydrogen-bond acceptors (Lipinski definition) is 2. The summed E-state index contributed by atoms with van der Waals surface area (Å²) in [5.74, 6) is 1.04. The molecule has 1 heterocycles. The largest absolute Gasteiger partial charge is 0.373 e. The summed E-state index contributed by atoms with van der Waals surface area (Å²) in [6, 6.07) is 8.79. The number of aromatic nitrogens is 1. The molecule has 0 spiro atoms. The number of benzene rings is 1. The minimum atomic E-state index is 1.04. The molecule has 2 heteroatoms. The lowest BCUT2D eigenvalue weighted by molar-refractivity contribution is 0.913. The van der Waals surface area contributed by atoms with Crippen molar-refractivity contribution in [2.45, 2.75) is 39.5 Å². The van der Waals surface area contributed by atoms with E-state index in [0.717, 1.165) is 37.0 Å². The van der Waals surface area contributed by atoms with Gasteiger partial charge in [0.1, 0.15) is 5.82 Å². The smallest absolute Gasteiger partial charge is 0.129 e. The molecule has 0 amide bonds. The first kappa shape index (κ1) is 12.9. The van der Waals surface area contributed by atoms with Crippen LogP contribution in [0.2, 0.25) is 0 Å². The SMILES string of the molecule is CCCc1cc2cccc(CCC)c2nc1NC. The Labute approximate surface area is 109 Å². The van der Waals surface area contributed by atoms with Crippen molar-refractivity contribution in [3.05, 3.63) is 35.4 Å². The molecule has 2 nitrogen and oxygen atoms in total. The summed E-state index contributed by atoms with van der Waals surface area (Å²) in [5.41, 5.74) is 3.83. The van der Waals surface area contributed by atoms with Crippen LogP contribution < -0.4 is 5.32 Å². The molecular formula is C16H22N2. The van der Waals surface area contributed by atoms with Crippen molar-refractivity contribution < 1.29 is 0 Å². The molecule has 0 saturated heterocycles. The Balaban J connectivity index is 2.58. The second kappa shape index (κ2) is 5.85. The van der Waals surface area contributed by atoms with E-state index in [0.29, 0.717) is 0 Å². The topological polar surface area (TPSA) is 24.9 Å². The lowest BCUT2D eigenvalue weighted by Crippen LogP contribution is -2.00. The zero-order valence-electron chi connectivity index (χ0n) is 11.6. The van der Waals surface area contributed by atoms with Gasteiger partial charge in [-0.15, -0.1) is 0 Å². The molecular weight excluding hydrogens is 220 g/mol. The summed E-state index contributed by atoms with van der Waals surface area (Å²) in [6.45, 7) is 4.42. The summed E-state index contributed by atoms with van der Waals surface area (Å²) in [7, 11) is 1.95. The van der Waals surface area contributed by atoms with E-state index in [9.17, 15) is 0 Å². The van der Waals surface area contributed by atoms with Gasteiger partial charge < -0.3 is 5.32 Å². The minimum absolute atomic E-state index is 1.04. The van der Waals surface area contributed by atoms with Crippen molar-refractivity contribution in [3.63, 3.8) is 0 Å². The van der Waals surface area contributed by atoms with Gasteiger partial charge >= 0.3 is 0 Å². The van der Waals surface area contributed by atoms with E-state index in [2.05, 4.69) is 43.4 Å². The van der Waals surface area contributed by atoms with Crippen LogP contribution in [0, 0.1) is 0 Å². The molecule has 1 aromatic carbocycles. The van der Waals surface area contributed by atoms with Crippen molar-refractivity contribution in [2.75, 3.05) is 12.4 Å². The van der Waals surface area contributed by atoms with Crippen LogP contribution in [-0.2, 0) is 12.8 Å². The van der Waals surface area contributed by atoms with E-state index >= 15 is 0 Å². The predicted molar refractivity (Wildman–Crippen MR) is 79.3 cm³/mol. The maximum atomic E-state index is 4.82. The third-order valence-electron chi connectivity index (χ3n) is 3.28. The molecule has 0 aliphatic carbocycles. The lowest BCUT2D eigenvalue weighted by atomic mass is 10.0. The number of nitrogens with zero attached hydrogens (tertiary/aromatic N) is 1. The third-order valence-corrected chi connectivity index (χ3v) is 3.28. The standard InChI is InChI=1S/C16H22N2/c1-4-7-12-9-6-10-13-11-14(8-5-2)16(17-3)18-15(12)13/h6,9-11H,4-5,7-8H2,1-3H3,(H,17,18). The van der Waals surface area contributed by atoms with Gasteiger partial charge in [-0.05, 0) is 30.0 Å². The van der Waals surface area contributed by atoms with Crippen LogP contribution in [0.4, 0.5) is 5.82 Å². The van der Waals surface area contributed by atoms with Crippen molar-refractivity contribution >= 4 is 16.7 Å². The normalized spacial score (nSPS) is 10.8. The van der Waals surface area contributed by atoms with Crippen LogP contribution in [0.25, 0.3) is 10.9 Å². The maximum Gasteiger partial charge on any atom is 0.129 e. The Bertz CT molecular complexity index is 532. The number of para-hydroxylation sites is 1. The Morgan fingerprint density at radius 1 is 1.06 bits per heavy atom. The molecule has 0 atom stereocenters. The van der Waals surface area contributed by atoms with Gasteiger partial charge in [-0.3, -0.25) is 0 Å². The van der Waals surface area contributed by atoms with E-state index in [4.69, 9.17) is 4.98 Å². The van der Waals surface area contributed by atoms with Gasteiger partial charge in [0.2, 0.25) is 0 Å². The molecule has 1 aromatic heterocycles. The predicted octanol–water partition coefficient (Wildman–Crippen LogP) is 4.18. The van der Waals surface area contributed by atoms with Gasteiger partial charge in [-0.1, -0.05) is 44.9 Å². The number of rotatable bonds is 5. The van der Waals surface area contributed by atoms with Crippen molar-refractivity contribution in [2.24, 2.45) is 0 Å². The van der Waals surface area contributed by atoms with Crippen LogP contribution in [0.1, 0.15) is 37.8 Å². The second-order valence-electron chi connectivity index (χ2n) is 4.73. The first-order valence-corrected chi connectivity index (χ1v) is 6.89. The quantitative estimate of drug-likeness (QED) is 0.850. The lowest BCUT2D eigenvalue weighted by Gasteiger charge is -2.11. The number of fused-ring (bicyclic) bond motifs is 1. The summed E-state index contributed by atoms with van der Waals surface area (Å²) in [5, 5.41) is 4.50. The van der Waals surface area contributed by atoms with E-state index in [1.807, 2.05) is 7.05 Å². The average Bonchev–Trinajstić information content (AvgIpc) is 2.39. The molecule has 0 radical (unpaired) electrons. The van der Waals surface area contributed by atoms with Crippen LogP contribution in [0.3, 0.4) is 0 Å². The highest BCUT2D eigenvalue weighted by Gasteiger charge is 2.07. The van der Waals surface area contributed by atoms with E-state index in [1.165, 1.54) is 16.5 Å². The molecule has 0 saturated carbocycles. The van der Waals surface area contributed by atoms with Crippen molar-refractivity contribution in [1.29, 1.82) is 0 Å². The van der Waals surface area contributed by atoms with Crippen LogP contribution in [0.5, 0.6) is 0 Å². The summed E-state index contributed by atoms with van der Waals surface area (Å²) < 4.78 is 0. The summed E-state index contributed by atoms with van der Waals surface area (Å²) >= 11 is 0. The van der Waals surface area contributed by atoms with Crippen molar-refractivity contribution in [3.8, 4) is 0 Å². The van der Waals surface area contributed by atoms with Crippen LogP contribution >= 0.6 is 0 Å². The molecule has 96 valence electrons. The molecule has 18 heavy (non-hydrogen) atoms. The molecule has 0 aliphatic rings. The third kappa shape index (κ3) is 2.47. The zero-order chi connectivity index (χ0) is 13.0. The number of hydrogen-bond donors (Lipinski definition) is 1. The fraction of sp³-hybridized carbons (Fsp3) is 0.438. The molecule has 0 unspecified atom stereocenters. The fourth-order valence-corrected chi connectivity index (χ4v) is 2.45. The first-order valence-electron chi connectivity index (χ1n) is 6.89.